The summed E-state index contributed by atoms with van der Waals surface area (Å²) in [6.45, 7) is 1.31. The summed E-state index contributed by atoms with van der Waals surface area (Å²) >= 11 is 0. The van der Waals surface area contributed by atoms with Gasteiger partial charge in [-0.3, -0.25) is 0 Å². The molecule has 0 bridgehead atoms. The SMILES string of the molecule is Fc1ccc2c(-c3cccc(OC[C@H]4CO4)c3)noc2c1. The molecule has 2 aromatic carbocycles. The number of fused-ring (bicyclic) bond motifs is 1. The van der Waals surface area contributed by atoms with Gasteiger partial charge in [0.1, 0.15) is 30.0 Å². The van der Waals surface area contributed by atoms with Crippen molar-refractivity contribution in [2.24, 2.45) is 0 Å². The summed E-state index contributed by atoms with van der Waals surface area (Å²) in [4.78, 5) is 0. The van der Waals surface area contributed by atoms with E-state index in [0.717, 1.165) is 23.3 Å². The van der Waals surface area contributed by atoms with Gasteiger partial charge in [0.05, 0.1) is 6.61 Å². The number of hydrogen-bond acceptors (Lipinski definition) is 4. The number of rotatable bonds is 4. The molecule has 1 aliphatic heterocycles. The third-order valence-corrected chi connectivity index (χ3v) is 3.38. The molecule has 0 aliphatic carbocycles. The van der Waals surface area contributed by atoms with Gasteiger partial charge in [0.2, 0.25) is 0 Å². The molecule has 0 amide bonds. The quantitative estimate of drug-likeness (QED) is 0.689. The van der Waals surface area contributed by atoms with E-state index in [0.29, 0.717) is 17.9 Å². The molecule has 0 spiro atoms. The lowest BCUT2D eigenvalue weighted by Crippen LogP contribution is -2.03. The summed E-state index contributed by atoms with van der Waals surface area (Å²) in [6.07, 6.45) is 0.213. The summed E-state index contributed by atoms with van der Waals surface area (Å²) < 4.78 is 29.1. The van der Waals surface area contributed by atoms with Crippen molar-refractivity contribution in [2.45, 2.75) is 6.10 Å². The van der Waals surface area contributed by atoms with Crippen molar-refractivity contribution in [1.82, 2.24) is 5.16 Å². The minimum absolute atomic E-state index is 0.213. The lowest BCUT2D eigenvalue weighted by atomic mass is 10.1. The second-order valence-corrected chi connectivity index (χ2v) is 4.97. The molecule has 1 atom stereocenters. The topological polar surface area (TPSA) is 47.8 Å². The van der Waals surface area contributed by atoms with Crippen molar-refractivity contribution in [1.29, 1.82) is 0 Å². The molecule has 0 radical (unpaired) electrons. The third-order valence-electron chi connectivity index (χ3n) is 3.38. The van der Waals surface area contributed by atoms with E-state index in [1.165, 1.54) is 12.1 Å². The van der Waals surface area contributed by atoms with Gasteiger partial charge in [-0.15, -0.1) is 0 Å². The van der Waals surface area contributed by atoms with Gasteiger partial charge < -0.3 is 14.0 Å². The van der Waals surface area contributed by atoms with Gasteiger partial charge >= 0.3 is 0 Å². The molecule has 106 valence electrons. The van der Waals surface area contributed by atoms with Gasteiger partial charge in [-0.05, 0) is 24.3 Å². The Labute approximate surface area is 120 Å². The van der Waals surface area contributed by atoms with E-state index in [-0.39, 0.29) is 11.9 Å². The standard InChI is InChI=1S/C16H12FNO3/c17-11-4-5-14-15(7-11)21-18-16(14)10-2-1-3-12(6-10)19-8-13-9-20-13/h1-7,13H,8-9H2/t13-/m0/s1. The molecule has 1 aliphatic rings. The molecule has 4 nitrogen and oxygen atoms in total. The Hall–Kier alpha value is -2.40. The average molecular weight is 285 g/mol. The predicted octanol–water partition coefficient (Wildman–Crippen LogP) is 3.41. The van der Waals surface area contributed by atoms with E-state index < -0.39 is 0 Å². The van der Waals surface area contributed by atoms with E-state index in [9.17, 15) is 4.39 Å². The Morgan fingerprint density at radius 2 is 2.14 bits per heavy atom. The van der Waals surface area contributed by atoms with Crippen molar-refractivity contribution in [3.8, 4) is 17.0 Å². The van der Waals surface area contributed by atoms with Crippen LogP contribution in [0.3, 0.4) is 0 Å². The predicted molar refractivity (Wildman–Crippen MR) is 74.6 cm³/mol. The Balaban J connectivity index is 1.68. The minimum Gasteiger partial charge on any atom is -0.491 e. The maximum absolute atomic E-state index is 13.2. The van der Waals surface area contributed by atoms with E-state index in [1.54, 1.807) is 6.07 Å². The van der Waals surface area contributed by atoms with E-state index in [1.807, 2.05) is 24.3 Å². The Morgan fingerprint density at radius 1 is 1.24 bits per heavy atom. The van der Waals surface area contributed by atoms with Crippen molar-refractivity contribution in [2.75, 3.05) is 13.2 Å². The monoisotopic (exact) mass is 285 g/mol. The Morgan fingerprint density at radius 3 is 3.00 bits per heavy atom. The lowest BCUT2D eigenvalue weighted by molar-refractivity contribution is 0.263. The highest BCUT2D eigenvalue weighted by Crippen LogP contribution is 2.30. The van der Waals surface area contributed by atoms with Crippen LogP contribution in [0.5, 0.6) is 5.75 Å². The van der Waals surface area contributed by atoms with E-state index in [2.05, 4.69) is 5.16 Å². The van der Waals surface area contributed by atoms with Crippen molar-refractivity contribution < 1.29 is 18.4 Å². The highest BCUT2D eigenvalue weighted by Gasteiger charge is 2.23. The van der Waals surface area contributed by atoms with Crippen LogP contribution >= 0.6 is 0 Å². The van der Waals surface area contributed by atoms with Crippen LogP contribution in [0.1, 0.15) is 0 Å². The number of nitrogens with zero attached hydrogens (tertiary/aromatic N) is 1. The van der Waals surface area contributed by atoms with Crippen LogP contribution in [-0.4, -0.2) is 24.5 Å². The Bertz CT molecular complexity index is 795. The zero-order valence-electron chi connectivity index (χ0n) is 11.1. The lowest BCUT2D eigenvalue weighted by Gasteiger charge is -2.05. The summed E-state index contributed by atoms with van der Waals surface area (Å²) in [6, 6.07) is 12.0. The fourth-order valence-corrected chi connectivity index (χ4v) is 2.21. The molecule has 21 heavy (non-hydrogen) atoms. The number of benzene rings is 2. The molecular weight excluding hydrogens is 273 g/mol. The van der Waals surface area contributed by atoms with Gasteiger partial charge in [-0.25, -0.2) is 4.39 Å². The first-order valence-electron chi connectivity index (χ1n) is 6.69. The number of epoxide rings is 1. The summed E-state index contributed by atoms with van der Waals surface area (Å²) in [5.41, 5.74) is 1.98. The summed E-state index contributed by atoms with van der Waals surface area (Å²) in [5, 5.41) is 4.81. The highest BCUT2D eigenvalue weighted by molar-refractivity contribution is 5.91. The van der Waals surface area contributed by atoms with Gasteiger partial charge in [0.25, 0.3) is 0 Å². The van der Waals surface area contributed by atoms with E-state index >= 15 is 0 Å². The van der Waals surface area contributed by atoms with Crippen LogP contribution in [0.25, 0.3) is 22.2 Å². The van der Waals surface area contributed by atoms with Gasteiger partial charge in [-0.1, -0.05) is 17.3 Å². The summed E-state index contributed by atoms with van der Waals surface area (Å²) in [7, 11) is 0. The molecule has 0 N–H and O–H groups in total. The normalized spacial score (nSPS) is 17.1. The zero-order chi connectivity index (χ0) is 14.2. The molecule has 2 heterocycles. The number of aromatic nitrogens is 1. The molecule has 0 unspecified atom stereocenters. The summed E-state index contributed by atoms with van der Waals surface area (Å²) in [5.74, 6) is 0.410. The average Bonchev–Trinajstić information content (AvgIpc) is 3.24. The highest BCUT2D eigenvalue weighted by atomic mass is 19.1. The van der Waals surface area contributed by atoms with Gasteiger partial charge in [0, 0.05) is 17.0 Å². The smallest absolute Gasteiger partial charge is 0.170 e. The van der Waals surface area contributed by atoms with Crippen LogP contribution in [0.2, 0.25) is 0 Å². The molecule has 3 aromatic rings. The molecule has 5 heteroatoms. The molecule has 0 saturated carbocycles. The van der Waals surface area contributed by atoms with Gasteiger partial charge in [-0.2, -0.15) is 0 Å². The molecule has 4 rings (SSSR count). The van der Waals surface area contributed by atoms with Gasteiger partial charge in [0.15, 0.2) is 5.58 Å². The second-order valence-electron chi connectivity index (χ2n) is 4.97. The maximum Gasteiger partial charge on any atom is 0.170 e. The number of ether oxygens (including phenoxy) is 2. The fraction of sp³-hybridized carbons (Fsp3) is 0.188. The van der Waals surface area contributed by atoms with Crippen LogP contribution in [0.15, 0.2) is 47.0 Å². The third kappa shape index (κ3) is 2.48. The van der Waals surface area contributed by atoms with Crippen LogP contribution in [-0.2, 0) is 4.74 Å². The molecular formula is C16H12FNO3. The largest absolute Gasteiger partial charge is 0.491 e. The van der Waals surface area contributed by atoms with Crippen LogP contribution in [0, 0.1) is 5.82 Å². The first kappa shape index (κ1) is 12.3. The minimum atomic E-state index is -0.341. The Kier molecular flexibility index (Phi) is 2.86. The van der Waals surface area contributed by atoms with E-state index in [4.69, 9.17) is 14.0 Å². The first-order chi connectivity index (χ1) is 10.3. The van der Waals surface area contributed by atoms with Crippen molar-refractivity contribution >= 4 is 11.0 Å². The maximum atomic E-state index is 13.2. The van der Waals surface area contributed by atoms with Crippen LogP contribution in [0.4, 0.5) is 4.39 Å². The van der Waals surface area contributed by atoms with Crippen LogP contribution < -0.4 is 4.74 Å². The van der Waals surface area contributed by atoms with Crippen molar-refractivity contribution in [3.63, 3.8) is 0 Å². The molecule has 1 fully saturated rings. The molecule has 1 saturated heterocycles. The fourth-order valence-electron chi connectivity index (χ4n) is 2.21. The number of hydrogen-bond donors (Lipinski definition) is 0. The molecule has 1 aromatic heterocycles. The van der Waals surface area contributed by atoms with Crippen molar-refractivity contribution in [3.05, 3.63) is 48.3 Å². The zero-order valence-corrected chi connectivity index (χ0v) is 11.1. The first-order valence-corrected chi connectivity index (χ1v) is 6.69. The second kappa shape index (κ2) is 4.86. The number of halogens is 1.